The SMILES string of the molecule is CCOC(=O)CCCCC(CCc1ccccc1OCCCBr)Cc1ccc(C(=O)OCC)cc1. The van der Waals surface area contributed by atoms with Gasteiger partial charge in [0.25, 0.3) is 0 Å². The van der Waals surface area contributed by atoms with Gasteiger partial charge in [-0.1, -0.05) is 59.1 Å². The van der Waals surface area contributed by atoms with E-state index in [0.29, 0.717) is 37.7 Å². The largest absolute Gasteiger partial charge is 0.493 e. The third-order valence-electron chi connectivity index (χ3n) is 5.87. The minimum atomic E-state index is -0.286. The first-order valence-electron chi connectivity index (χ1n) is 12.8. The number of aryl methyl sites for hydroxylation is 1. The van der Waals surface area contributed by atoms with Gasteiger partial charge >= 0.3 is 11.9 Å². The first-order valence-corrected chi connectivity index (χ1v) is 13.9. The highest BCUT2D eigenvalue weighted by atomic mass is 79.9. The summed E-state index contributed by atoms with van der Waals surface area (Å²) in [5, 5.41) is 0.929. The molecule has 0 N–H and O–H groups in total. The van der Waals surface area contributed by atoms with Crippen molar-refractivity contribution in [1.29, 1.82) is 0 Å². The fourth-order valence-corrected chi connectivity index (χ4v) is 4.29. The van der Waals surface area contributed by atoms with E-state index in [9.17, 15) is 9.59 Å². The molecule has 2 rings (SSSR count). The molecule has 192 valence electrons. The third kappa shape index (κ3) is 11.3. The van der Waals surface area contributed by atoms with Gasteiger partial charge in [-0.25, -0.2) is 4.79 Å². The number of hydrogen-bond acceptors (Lipinski definition) is 5. The van der Waals surface area contributed by atoms with Gasteiger partial charge in [0.2, 0.25) is 0 Å². The maximum atomic E-state index is 12.0. The maximum absolute atomic E-state index is 12.0. The second-order valence-corrected chi connectivity index (χ2v) is 9.37. The van der Waals surface area contributed by atoms with Crippen LogP contribution < -0.4 is 4.74 Å². The number of hydrogen-bond donors (Lipinski definition) is 0. The number of halogens is 1. The Hall–Kier alpha value is -2.34. The van der Waals surface area contributed by atoms with Crippen LogP contribution in [0.1, 0.15) is 73.9 Å². The summed E-state index contributed by atoms with van der Waals surface area (Å²) in [6.45, 7) is 5.15. The standard InChI is InChI=1S/C29H39BrO5/c1-3-33-28(31)13-8-5-10-23(22-24-15-18-26(19-16-24)29(32)34-4-2)14-17-25-11-6-7-12-27(25)35-21-9-20-30/h6-7,11-12,15-16,18-19,23H,3-5,8-10,13-14,17,20-22H2,1-2H3. The van der Waals surface area contributed by atoms with E-state index in [2.05, 4.69) is 28.1 Å². The number of carbonyl (C=O) groups is 2. The summed E-state index contributed by atoms with van der Waals surface area (Å²) >= 11 is 3.46. The van der Waals surface area contributed by atoms with Crippen molar-refractivity contribution in [2.75, 3.05) is 25.2 Å². The number of alkyl halides is 1. The summed E-state index contributed by atoms with van der Waals surface area (Å²) in [6, 6.07) is 16.0. The summed E-state index contributed by atoms with van der Waals surface area (Å²) < 4.78 is 16.2. The van der Waals surface area contributed by atoms with Gasteiger partial charge in [-0.05, 0) is 81.2 Å². The van der Waals surface area contributed by atoms with Gasteiger partial charge in [-0.15, -0.1) is 0 Å². The molecular formula is C29H39BrO5. The zero-order chi connectivity index (χ0) is 25.3. The lowest BCUT2D eigenvalue weighted by Gasteiger charge is -2.19. The summed E-state index contributed by atoms with van der Waals surface area (Å²) in [7, 11) is 0. The first kappa shape index (κ1) is 28.9. The molecule has 5 nitrogen and oxygen atoms in total. The van der Waals surface area contributed by atoms with E-state index in [1.54, 1.807) is 0 Å². The van der Waals surface area contributed by atoms with E-state index in [-0.39, 0.29) is 11.9 Å². The van der Waals surface area contributed by atoms with E-state index >= 15 is 0 Å². The molecule has 0 radical (unpaired) electrons. The van der Waals surface area contributed by atoms with Crippen LogP contribution >= 0.6 is 15.9 Å². The first-order chi connectivity index (χ1) is 17.1. The van der Waals surface area contributed by atoms with Crippen LogP contribution in [-0.4, -0.2) is 37.1 Å². The summed E-state index contributed by atoms with van der Waals surface area (Å²) in [6.07, 6.45) is 7.18. The molecule has 0 bridgehead atoms. The number of rotatable bonds is 17. The van der Waals surface area contributed by atoms with E-state index < -0.39 is 0 Å². The van der Waals surface area contributed by atoms with Crippen molar-refractivity contribution in [1.82, 2.24) is 0 Å². The fourth-order valence-electron chi connectivity index (χ4n) is 4.06. The van der Waals surface area contributed by atoms with E-state index in [4.69, 9.17) is 14.2 Å². The van der Waals surface area contributed by atoms with Crippen LogP contribution in [-0.2, 0) is 27.1 Å². The molecule has 0 heterocycles. The fraction of sp³-hybridized carbons (Fsp3) is 0.517. The van der Waals surface area contributed by atoms with Gasteiger partial charge < -0.3 is 14.2 Å². The number of carbonyl (C=O) groups excluding carboxylic acids is 2. The van der Waals surface area contributed by atoms with E-state index in [0.717, 1.165) is 56.0 Å². The lowest BCUT2D eigenvalue weighted by atomic mass is 9.88. The smallest absolute Gasteiger partial charge is 0.338 e. The van der Waals surface area contributed by atoms with E-state index in [1.807, 2.05) is 50.2 Å². The van der Waals surface area contributed by atoms with Crippen LogP contribution in [0.15, 0.2) is 48.5 Å². The van der Waals surface area contributed by atoms with Crippen molar-refractivity contribution in [3.63, 3.8) is 0 Å². The zero-order valence-corrected chi connectivity index (χ0v) is 22.7. The average Bonchev–Trinajstić information content (AvgIpc) is 2.86. The molecule has 0 amide bonds. The highest BCUT2D eigenvalue weighted by Gasteiger charge is 2.14. The van der Waals surface area contributed by atoms with Crippen LogP contribution in [0.5, 0.6) is 5.75 Å². The number of esters is 2. The quantitative estimate of drug-likeness (QED) is 0.122. The molecule has 35 heavy (non-hydrogen) atoms. The Labute approximate surface area is 218 Å². The Morgan fingerprint density at radius 2 is 1.63 bits per heavy atom. The Bertz CT molecular complexity index is 881. The molecule has 0 aromatic heterocycles. The topological polar surface area (TPSA) is 61.8 Å². The molecule has 0 fully saturated rings. The maximum Gasteiger partial charge on any atom is 0.338 e. The average molecular weight is 548 g/mol. The molecule has 2 aromatic carbocycles. The molecule has 1 unspecified atom stereocenters. The number of ether oxygens (including phenoxy) is 3. The lowest BCUT2D eigenvalue weighted by molar-refractivity contribution is -0.143. The highest BCUT2D eigenvalue weighted by Crippen LogP contribution is 2.26. The zero-order valence-electron chi connectivity index (χ0n) is 21.1. The van der Waals surface area contributed by atoms with Crippen molar-refractivity contribution in [2.45, 2.75) is 65.2 Å². The monoisotopic (exact) mass is 546 g/mol. The molecule has 0 spiro atoms. The summed E-state index contributed by atoms with van der Waals surface area (Å²) in [5.74, 6) is 1.02. The molecule has 6 heteroatoms. The molecular weight excluding hydrogens is 508 g/mol. The molecule has 1 atom stereocenters. The van der Waals surface area contributed by atoms with Gasteiger partial charge in [0.05, 0.1) is 25.4 Å². The minimum Gasteiger partial charge on any atom is -0.493 e. The second kappa shape index (κ2) is 17.1. The number of benzene rings is 2. The molecule has 0 aliphatic heterocycles. The normalized spacial score (nSPS) is 11.6. The summed E-state index contributed by atoms with van der Waals surface area (Å²) in [4.78, 5) is 23.7. The molecule has 2 aromatic rings. The molecule has 0 aliphatic carbocycles. The van der Waals surface area contributed by atoms with Gasteiger partial charge in [0.1, 0.15) is 5.75 Å². The van der Waals surface area contributed by atoms with Gasteiger partial charge in [-0.2, -0.15) is 0 Å². The minimum absolute atomic E-state index is 0.117. The third-order valence-corrected chi connectivity index (χ3v) is 6.43. The number of unbranched alkanes of at least 4 members (excludes halogenated alkanes) is 1. The molecule has 0 aliphatic rings. The van der Waals surface area contributed by atoms with Crippen LogP contribution in [0.25, 0.3) is 0 Å². The molecule has 0 saturated carbocycles. The van der Waals surface area contributed by atoms with Crippen LogP contribution in [0.2, 0.25) is 0 Å². The van der Waals surface area contributed by atoms with Crippen molar-refractivity contribution >= 4 is 27.9 Å². The van der Waals surface area contributed by atoms with Crippen molar-refractivity contribution in [3.05, 3.63) is 65.2 Å². The van der Waals surface area contributed by atoms with Crippen molar-refractivity contribution in [2.24, 2.45) is 5.92 Å². The van der Waals surface area contributed by atoms with Gasteiger partial charge in [0, 0.05) is 11.8 Å². The Balaban J connectivity index is 2.01. The van der Waals surface area contributed by atoms with Crippen molar-refractivity contribution < 1.29 is 23.8 Å². The van der Waals surface area contributed by atoms with Crippen LogP contribution in [0.4, 0.5) is 0 Å². The Morgan fingerprint density at radius 1 is 0.886 bits per heavy atom. The van der Waals surface area contributed by atoms with Gasteiger partial charge in [-0.3, -0.25) is 4.79 Å². The highest BCUT2D eigenvalue weighted by molar-refractivity contribution is 9.09. The van der Waals surface area contributed by atoms with Crippen LogP contribution in [0, 0.1) is 5.92 Å². The number of para-hydroxylation sites is 1. The molecule has 0 saturated heterocycles. The lowest BCUT2D eigenvalue weighted by Crippen LogP contribution is -2.09. The predicted molar refractivity (Wildman–Crippen MR) is 143 cm³/mol. The second-order valence-electron chi connectivity index (χ2n) is 8.58. The predicted octanol–water partition coefficient (Wildman–Crippen LogP) is 6.94. The van der Waals surface area contributed by atoms with Gasteiger partial charge in [0.15, 0.2) is 0 Å². The summed E-state index contributed by atoms with van der Waals surface area (Å²) in [5.41, 5.74) is 3.02. The Morgan fingerprint density at radius 3 is 2.34 bits per heavy atom. The van der Waals surface area contributed by atoms with E-state index in [1.165, 1.54) is 11.1 Å². The van der Waals surface area contributed by atoms with Crippen LogP contribution in [0.3, 0.4) is 0 Å². The Kier molecular flexibility index (Phi) is 14.2. The van der Waals surface area contributed by atoms with Crippen molar-refractivity contribution in [3.8, 4) is 5.75 Å².